The van der Waals surface area contributed by atoms with Gasteiger partial charge >= 0.3 is 5.97 Å². The SMILES string of the molecule is COC(=O)c1ccccc1[C@@H](N)CCCO.Cl. The van der Waals surface area contributed by atoms with E-state index in [9.17, 15) is 4.79 Å². The maximum Gasteiger partial charge on any atom is 0.338 e. The molecule has 1 rings (SSSR count). The molecule has 17 heavy (non-hydrogen) atoms. The molecule has 5 heteroatoms. The Morgan fingerprint density at radius 3 is 2.71 bits per heavy atom. The Bertz CT molecular complexity index is 357. The first-order chi connectivity index (χ1) is 7.70. The van der Waals surface area contributed by atoms with Crippen molar-refractivity contribution in [3.05, 3.63) is 35.4 Å². The van der Waals surface area contributed by atoms with Gasteiger partial charge in [-0.3, -0.25) is 0 Å². The molecule has 0 aliphatic rings. The van der Waals surface area contributed by atoms with Crippen molar-refractivity contribution in [2.75, 3.05) is 13.7 Å². The molecule has 0 saturated heterocycles. The number of ether oxygens (including phenoxy) is 1. The summed E-state index contributed by atoms with van der Waals surface area (Å²) in [6.45, 7) is 0.105. The lowest BCUT2D eigenvalue weighted by Gasteiger charge is -2.14. The van der Waals surface area contributed by atoms with Gasteiger partial charge in [0, 0.05) is 12.6 Å². The second-order valence-corrected chi connectivity index (χ2v) is 3.55. The van der Waals surface area contributed by atoms with Gasteiger partial charge in [-0.1, -0.05) is 18.2 Å². The summed E-state index contributed by atoms with van der Waals surface area (Å²) in [6, 6.07) is 6.87. The van der Waals surface area contributed by atoms with Crippen molar-refractivity contribution < 1.29 is 14.6 Å². The number of rotatable bonds is 5. The first-order valence-electron chi connectivity index (χ1n) is 5.24. The lowest BCUT2D eigenvalue weighted by Crippen LogP contribution is -2.16. The Morgan fingerprint density at radius 1 is 1.47 bits per heavy atom. The maximum atomic E-state index is 11.5. The van der Waals surface area contributed by atoms with Gasteiger partial charge in [-0.25, -0.2) is 4.79 Å². The van der Waals surface area contributed by atoms with Crippen LogP contribution in [0.5, 0.6) is 0 Å². The zero-order valence-electron chi connectivity index (χ0n) is 9.76. The van der Waals surface area contributed by atoms with Gasteiger partial charge in [0.05, 0.1) is 12.7 Å². The fourth-order valence-corrected chi connectivity index (χ4v) is 1.58. The molecule has 0 aliphatic carbocycles. The Morgan fingerprint density at radius 2 is 2.12 bits per heavy atom. The first kappa shape index (κ1) is 15.9. The summed E-state index contributed by atoms with van der Waals surface area (Å²) >= 11 is 0. The van der Waals surface area contributed by atoms with Gasteiger partial charge in [-0.2, -0.15) is 0 Å². The Hall–Kier alpha value is -1.10. The molecule has 1 atom stereocenters. The topological polar surface area (TPSA) is 72.5 Å². The molecule has 0 heterocycles. The summed E-state index contributed by atoms with van der Waals surface area (Å²) in [6.07, 6.45) is 1.27. The lowest BCUT2D eigenvalue weighted by atomic mass is 9.97. The molecule has 0 radical (unpaired) electrons. The third kappa shape index (κ3) is 4.34. The van der Waals surface area contributed by atoms with Crippen LogP contribution in [0, 0.1) is 0 Å². The number of hydrogen-bond acceptors (Lipinski definition) is 4. The van der Waals surface area contributed by atoms with Crippen molar-refractivity contribution in [1.82, 2.24) is 0 Å². The minimum Gasteiger partial charge on any atom is -0.465 e. The van der Waals surface area contributed by atoms with Crippen LogP contribution in [0.4, 0.5) is 0 Å². The van der Waals surface area contributed by atoms with Crippen LogP contribution < -0.4 is 5.73 Å². The average Bonchev–Trinajstić information content (AvgIpc) is 2.35. The van der Waals surface area contributed by atoms with E-state index in [1.165, 1.54) is 7.11 Å². The average molecular weight is 260 g/mol. The van der Waals surface area contributed by atoms with Crippen LogP contribution in [0.1, 0.15) is 34.8 Å². The highest BCUT2D eigenvalue weighted by molar-refractivity contribution is 5.91. The van der Waals surface area contributed by atoms with E-state index >= 15 is 0 Å². The summed E-state index contributed by atoms with van der Waals surface area (Å²) in [5.41, 5.74) is 7.22. The molecule has 1 aromatic carbocycles. The second kappa shape index (κ2) is 8.06. The third-order valence-corrected chi connectivity index (χ3v) is 2.44. The molecule has 0 spiro atoms. The molecule has 0 fully saturated rings. The molecule has 96 valence electrons. The quantitative estimate of drug-likeness (QED) is 0.789. The van der Waals surface area contributed by atoms with Crippen LogP contribution >= 0.6 is 12.4 Å². The number of benzene rings is 1. The standard InChI is InChI=1S/C12H17NO3.ClH/c1-16-12(15)10-6-3-2-5-9(10)11(13)7-4-8-14;/h2-3,5-6,11,14H,4,7-8,13H2,1H3;1H/t11-;/m0./s1. The zero-order valence-corrected chi connectivity index (χ0v) is 10.6. The van der Waals surface area contributed by atoms with Crippen LogP contribution in [-0.2, 0) is 4.74 Å². The Labute approximate surface area is 107 Å². The van der Waals surface area contributed by atoms with Gasteiger partial charge < -0.3 is 15.6 Å². The molecule has 0 unspecified atom stereocenters. The van der Waals surface area contributed by atoms with Crippen molar-refractivity contribution in [1.29, 1.82) is 0 Å². The molecular weight excluding hydrogens is 242 g/mol. The minimum absolute atomic E-state index is 0. The molecule has 0 aliphatic heterocycles. The van der Waals surface area contributed by atoms with Crippen molar-refractivity contribution in [2.24, 2.45) is 5.73 Å². The van der Waals surface area contributed by atoms with Gasteiger partial charge in [0.1, 0.15) is 0 Å². The van der Waals surface area contributed by atoms with Crippen LogP contribution in [0.2, 0.25) is 0 Å². The van der Waals surface area contributed by atoms with Crippen molar-refractivity contribution in [2.45, 2.75) is 18.9 Å². The lowest BCUT2D eigenvalue weighted by molar-refractivity contribution is 0.0599. The number of halogens is 1. The predicted molar refractivity (Wildman–Crippen MR) is 68.3 cm³/mol. The van der Waals surface area contributed by atoms with E-state index in [1.807, 2.05) is 12.1 Å². The second-order valence-electron chi connectivity index (χ2n) is 3.55. The molecular formula is C12H18ClNO3. The number of carbonyl (C=O) groups is 1. The van der Waals surface area contributed by atoms with Crippen molar-refractivity contribution >= 4 is 18.4 Å². The highest BCUT2D eigenvalue weighted by atomic mass is 35.5. The van der Waals surface area contributed by atoms with Gasteiger partial charge in [-0.05, 0) is 24.5 Å². The van der Waals surface area contributed by atoms with E-state index in [1.54, 1.807) is 12.1 Å². The Balaban J connectivity index is 0.00000256. The van der Waals surface area contributed by atoms with Gasteiger partial charge in [0.25, 0.3) is 0 Å². The largest absolute Gasteiger partial charge is 0.465 e. The summed E-state index contributed by atoms with van der Waals surface area (Å²) < 4.78 is 4.69. The molecule has 0 saturated carbocycles. The molecule has 0 amide bonds. The fraction of sp³-hybridized carbons (Fsp3) is 0.417. The molecule has 0 bridgehead atoms. The summed E-state index contributed by atoms with van der Waals surface area (Å²) in [5.74, 6) is -0.380. The predicted octanol–water partition coefficient (Wildman–Crippen LogP) is 1.67. The van der Waals surface area contributed by atoms with Crippen molar-refractivity contribution in [3.8, 4) is 0 Å². The van der Waals surface area contributed by atoms with E-state index in [4.69, 9.17) is 10.8 Å². The highest BCUT2D eigenvalue weighted by Gasteiger charge is 2.15. The van der Waals surface area contributed by atoms with E-state index in [-0.39, 0.29) is 31.0 Å². The first-order valence-corrected chi connectivity index (χ1v) is 5.24. The summed E-state index contributed by atoms with van der Waals surface area (Å²) in [4.78, 5) is 11.5. The number of hydrogen-bond donors (Lipinski definition) is 2. The smallest absolute Gasteiger partial charge is 0.338 e. The van der Waals surface area contributed by atoms with Crippen LogP contribution in [0.25, 0.3) is 0 Å². The van der Waals surface area contributed by atoms with Gasteiger partial charge in [0.2, 0.25) is 0 Å². The number of methoxy groups -OCH3 is 1. The number of aliphatic hydroxyl groups is 1. The van der Waals surface area contributed by atoms with E-state index < -0.39 is 0 Å². The van der Waals surface area contributed by atoms with E-state index in [0.29, 0.717) is 18.4 Å². The van der Waals surface area contributed by atoms with Gasteiger partial charge in [-0.15, -0.1) is 12.4 Å². The number of aliphatic hydroxyl groups excluding tert-OH is 1. The number of esters is 1. The van der Waals surface area contributed by atoms with E-state index in [2.05, 4.69) is 4.74 Å². The maximum absolute atomic E-state index is 11.5. The van der Waals surface area contributed by atoms with Crippen LogP contribution in [0.3, 0.4) is 0 Å². The van der Waals surface area contributed by atoms with E-state index in [0.717, 1.165) is 5.56 Å². The Kier molecular flexibility index (Phi) is 7.54. The van der Waals surface area contributed by atoms with Crippen molar-refractivity contribution in [3.63, 3.8) is 0 Å². The number of nitrogens with two attached hydrogens (primary N) is 1. The summed E-state index contributed by atoms with van der Waals surface area (Å²) in [7, 11) is 1.35. The number of carbonyl (C=O) groups excluding carboxylic acids is 1. The van der Waals surface area contributed by atoms with Gasteiger partial charge in [0.15, 0.2) is 0 Å². The molecule has 4 nitrogen and oxygen atoms in total. The third-order valence-electron chi connectivity index (χ3n) is 2.44. The minimum atomic E-state index is -0.380. The molecule has 0 aromatic heterocycles. The normalized spacial score (nSPS) is 11.5. The molecule has 1 aromatic rings. The molecule has 3 N–H and O–H groups in total. The monoisotopic (exact) mass is 259 g/mol. The fourth-order valence-electron chi connectivity index (χ4n) is 1.58. The summed E-state index contributed by atoms with van der Waals surface area (Å²) in [5, 5.41) is 8.74. The highest BCUT2D eigenvalue weighted by Crippen LogP contribution is 2.20. The zero-order chi connectivity index (χ0) is 12.0. The van der Waals surface area contributed by atoms with Crippen LogP contribution in [-0.4, -0.2) is 24.8 Å². The van der Waals surface area contributed by atoms with Crippen LogP contribution in [0.15, 0.2) is 24.3 Å².